The van der Waals surface area contributed by atoms with Gasteiger partial charge in [-0.2, -0.15) is 5.06 Å². The number of benzene rings is 1. The average molecular weight is 376 g/mol. The lowest BCUT2D eigenvalue weighted by Crippen LogP contribution is -2.67. The molecule has 4 heteroatoms. The Kier molecular flexibility index (Phi) is 5.50. The molecule has 2 fully saturated rings. The van der Waals surface area contributed by atoms with Crippen molar-refractivity contribution in [2.45, 2.75) is 103 Å². The molecule has 2 aliphatic rings. The number of piperidine rings is 1. The lowest BCUT2D eigenvalue weighted by molar-refractivity contribution is -0.361. The molecular weight excluding hydrogens is 338 g/mol. The van der Waals surface area contributed by atoms with E-state index in [-0.39, 0.29) is 22.8 Å². The van der Waals surface area contributed by atoms with E-state index in [4.69, 9.17) is 14.3 Å². The summed E-state index contributed by atoms with van der Waals surface area (Å²) < 4.78 is 12.8. The number of nitrogens with zero attached hydrogens (tertiary/aromatic N) is 1. The Bertz CT molecular complexity index is 638. The van der Waals surface area contributed by atoms with E-state index >= 15 is 0 Å². The lowest BCUT2D eigenvalue weighted by atomic mass is 9.73. The van der Waals surface area contributed by atoms with Crippen molar-refractivity contribution in [3.8, 4) is 0 Å². The molecule has 0 amide bonds. The van der Waals surface area contributed by atoms with Gasteiger partial charge in [0.05, 0.1) is 17.7 Å². The first-order valence-electron chi connectivity index (χ1n) is 10.4. The van der Waals surface area contributed by atoms with Gasteiger partial charge in [-0.3, -0.25) is 4.84 Å². The van der Waals surface area contributed by atoms with Crippen LogP contribution in [-0.4, -0.2) is 34.1 Å². The van der Waals surface area contributed by atoms with Gasteiger partial charge in [0.25, 0.3) is 0 Å². The van der Waals surface area contributed by atoms with E-state index in [0.29, 0.717) is 6.61 Å². The highest BCUT2D eigenvalue weighted by atomic mass is 16.8. The van der Waals surface area contributed by atoms with Crippen LogP contribution in [0.1, 0.15) is 85.8 Å². The van der Waals surface area contributed by atoms with Crippen LogP contribution in [0.25, 0.3) is 0 Å². The van der Waals surface area contributed by atoms with Crippen LogP contribution in [-0.2, 0) is 14.3 Å². The first-order chi connectivity index (χ1) is 12.6. The summed E-state index contributed by atoms with van der Waals surface area (Å²) in [6.45, 7) is 16.0. The quantitative estimate of drug-likeness (QED) is 0.667. The number of hydrogen-bond acceptors (Lipinski definition) is 4. The summed E-state index contributed by atoms with van der Waals surface area (Å²) in [6, 6.07) is 10.5. The van der Waals surface area contributed by atoms with Gasteiger partial charge >= 0.3 is 0 Å². The molecule has 3 rings (SSSR count). The molecule has 27 heavy (non-hydrogen) atoms. The Morgan fingerprint density at radius 3 is 2.19 bits per heavy atom. The molecule has 4 nitrogen and oxygen atoms in total. The van der Waals surface area contributed by atoms with Gasteiger partial charge in [0, 0.05) is 18.4 Å². The Morgan fingerprint density at radius 1 is 1.04 bits per heavy atom. The zero-order valence-corrected chi connectivity index (χ0v) is 18.2. The van der Waals surface area contributed by atoms with Gasteiger partial charge in [-0.1, -0.05) is 44.2 Å². The zero-order valence-electron chi connectivity index (χ0n) is 18.2. The van der Waals surface area contributed by atoms with Crippen molar-refractivity contribution in [3.05, 3.63) is 35.9 Å². The Balaban J connectivity index is 1.91. The SMILES string of the molecule is CCC1(CC)CC2(CC(C)(C)N1OC(C)c1ccccc1)OCC(C)(C)O2. The molecule has 2 unspecified atom stereocenters. The van der Waals surface area contributed by atoms with Crippen LogP contribution >= 0.6 is 0 Å². The first kappa shape index (κ1) is 20.8. The highest BCUT2D eigenvalue weighted by molar-refractivity contribution is 5.17. The maximum absolute atomic E-state index is 6.67. The Labute approximate surface area is 165 Å². The van der Waals surface area contributed by atoms with Crippen molar-refractivity contribution < 1.29 is 14.3 Å². The van der Waals surface area contributed by atoms with E-state index in [2.05, 4.69) is 77.8 Å². The van der Waals surface area contributed by atoms with E-state index in [1.165, 1.54) is 5.56 Å². The monoisotopic (exact) mass is 375 g/mol. The summed E-state index contributed by atoms with van der Waals surface area (Å²) in [5.74, 6) is -0.519. The van der Waals surface area contributed by atoms with Crippen LogP contribution in [0, 0.1) is 0 Å². The minimum absolute atomic E-state index is 0.00106. The van der Waals surface area contributed by atoms with Crippen molar-refractivity contribution in [1.82, 2.24) is 5.06 Å². The van der Waals surface area contributed by atoms with Crippen molar-refractivity contribution in [1.29, 1.82) is 0 Å². The molecule has 0 N–H and O–H groups in total. The molecule has 2 atom stereocenters. The Morgan fingerprint density at radius 2 is 1.67 bits per heavy atom. The smallest absolute Gasteiger partial charge is 0.172 e. The number of hydrogen-bond donors (Lipinski definition) is 0. The third-order valence-corrected chi connectivity index (χ3v) is 6.27. The fourth-order valence-electron chi connectivity index (χ4n) is 5.04. The van der Waals surface area contributed by atoms with E-state index in [0.717, 1.165) is 25.7 Å². The second-order valence-corrected chi connectivity index (χ2v) is 9.61. The number of hydroxylamine groups is 2. The van der Waals surface area contributed by atoms with Gasteiger partial charge in [0.15, 0.2) is 5.79 Å². The van der Waals surface area contributed by atoms with Gasteiger partial charge in [-0.05, 0) is 53.0 Å². The van der Waals surface area contributed by atoms with Gasteiger partial charge in [0.2, 0.25) is 0 Å². The topological polar surface area (TPSA) is 30.9 Å². The second kappa shape index (κ2) is 7.14. The lowest BCUT2D eigenvalue weighted by Gasteiger charge is -2.59. The van der Waals surface area contributed by atoms with Gasteiger partial charge < -0.3 is 9.47 Å². The van der Waals surface area contributed by atoms with Crippen LogP contribution in [0.2, 0.25) is 0 Å². The third kappa shape index (κ3) is 3.95. The standard InChI is InChI=1S/C23H37NO3/c1-8-22(9-2)16-23(25-17-21(6,7)27-23)15-20(4,5)24(22)26-18(3)19-13-11-10-12-14-19/h10-14,18H,8-9,15-17H2,1-7H3. The van der Waals surface area contributed by atoms with E-state index in [1.807, 2.05) is 6.07 Å². The van der Waals surface area contributed by atoms with Crippen LogP contribution in [0.4, 0.5) is 0 Å². The molecule has 0 aromatic heterocycles. The van der Waals surface area contributed by atoms with Crippen LogP contribution in [0.5, 0.6) is 0 Å². The van der Waals surface area contributed by atoms with Crippen molar-refractivity contribution in [2.75, 3.05) is 6.61 Å². The maximum atomic E-state index is 6.67. The molecule has 1 aromatic rings. The first-order valence-corrected chi connectivity index (χ1v) is 10.4. The molecule has 0 radical (unpaired) electrons. The second-order valence-electron chi connectivity index (χ2n) is 9.61. The summed E-state index contributed by atoms with van der Waals surface area (Å²) in [4.78, 5) is 6.67. The average Bonchev–Trinajstić information content (AvgIpc) is 2.91. The molecule has 0 aliphatic carbocycles. The molecular formula is C23H37NO3. The fraction of sp³-hybridized carbons (Fsp3) is 0.739. The van der Waals surface area contributed by atoms with Gasteiger partial charge in [0.1, 0.15) is 6.10 Å². The number of ether oxygens (including phenoxy) is 2. The largest absolute Gasteiger partial charge is 0.347 e. The van der Waals surface area contributed by atoms with Crippen LogP contribution < -0.4 is 0 Å². The molecule has 2 aliphatic heterocycles. The molecule has 0 saturated carbocycles. The summed E-state index contributed by atoms with van der Waals surface area (Å²) in [6.07, 6.45) is 3.61. The fourth-order valence-corrected chi connectivity index (χ4v) is 5.04. The highest BCUT2D eigenvalue weighted by Crippen LogP contribution is 2.53. The van der Waals surface area contributed by atoms with Gasteiger partial charge in [-0.15, -0.1) is 0 Å². The van der Waals surface area contributed by atoms with Crippen molar-refractivity contribution >= 4 is 0 Å². The molecule has 0 bridgehead atoms. The molecule has 2 saturated heterocycles. The normalized spacial score (nSPS) is 30.5. The van der Waals surface area contributed by atoms with E-state index in [9.17, 15) is 0 Å². The van der Waals surface area contributed by atoms with Crippen molar-refractivity contribution in [2.24, 2.45) is 0 Å². The molecule has 1 aromatic carbocycles. The predicted molar refractivity (Wildman–Crippen MR) is 108 cm³/mol. The summed E-state index contributed by atoms with van der Waals surface area (Å²) in [7, 11) is 0. The van der Waals surface area contributed by atoms with Crippen LogP contribution in [0.3, 0.4) is 0 Å². The van der Waals surface area contributed by atoms with Crippen LogP contribution in [0.15, 0.2) is 30.3 Å². The minimum atomic E-state index is -0.519. The van der Waals surface area contributed by atoms with E-state index in [1.54, 1.807) is 0 Å². The molecule has 2 heterocycles. The third-order valence-electron chi connectivity index (χ3n) is 6.27. The molecule has 1 spiro atoms. The zero-order chi connectivity index (χ0) is 19.9. The number of rotatable bonds is 5. The minimum Gasteiger partial charge on any atom is -0.347 e. The highest BCUT2D eigenvalue weighted by Gasteiger charge is 2.61. The van der Waals surface area contributed by atoms with E-state index < -0.39 is 5.79 Å². The predicted octanol–water partition coefficient (Wildman–Crippen LogP) is 5.63. The summed E-state index contributed by atoms with van der Waals surface area (Å²) >= 11 is 0. The maximum Gasteiger partial charge on any atom is 0.172 e. The van der Waals surface area contributed by atoms with Gasteiger partial charge in [-0.25, -0.2) is 0 Å². The summed E-state index contributed by atoms with van der Waals surface area (Å²) in [5, 5.41) is 2.28. The molecule has 152 valence electrons. The Hall–Kier alpha value is -0.940. The van der Waals surface area contributed by atoms with Crippen molar-refractivity contribution in [3.63, 3.8) is 0 Å². The summed E-state index contributed by atoms with van der Waals surface area (Å²) in [5.41, 5.74) is 0.645.